The number of aliphatic hydroxyl groups is 1. The van der Waals surface area contributed by atoms with Crippen molar-refractivity contribution in [3.63, 3.8) is 0 Å². The third kappa shape index (κ3) is 4.83. The van der Waals surface area contributed by atoms with Crippen LogP contribution in [0.5, 0.6) is 5.75 Å². The monoisotopic (exact) mass is 327 g/mol. The predicted octanol–water partition coefficient (Wildman–Crippen LogP) is 3.55. The number of nitrogens with one attached hydrogen (secondary N) is 1. The molecule has 1 amide bonds. The Kier molecular flexibility index (Phi) is 6.38. The lowest BCUT2D eigenvalue weighted by atomic mass is 9.97. The Morgan fingerprint density at radius 1 is 1.04 bits per heavy atom. The zero-order valence-electron chi connectivity index (χ0n) is 14.3. The lowest BCUT2D eigenvalue weighted by Crippen LogP contribution is -2.42. The maximum absolute atomic E-state index is 12.5. The maximum atomic E-state index is 12.5. The van der Waals surface area contributed by atoms with Crippen LogP contribution in [0, 0.1) is 0 Å². The van der Waals surface area contributed by atoms with Gasteiger partial charge in [-0.3, -0.25) is 4.79 Å². The summed E-state index contributed by atoms with van der Waals surface area (Å²) >= 11 is 0. The molecule has 0 aliphatic rings. The second-order valence-electron chi connectivity index (χ2n) is 5.87. The molecule has 0 heterocycles. The van der Waals surface area contributed by atoms with Gasteiger partial charge in [-0.05, 0) is 31.0 Å². The SMILES string of the molecule is CCC(O)(CC)CNC(=O)c1ccccc1COc1ccccc1. The number of hydrogen-bond donors (Lipinski definition) is 2. The van der Waals surface area contributed by atoms with Crippen molar-refractivity contribution in [2.45, 2.75) is 38.9 Å². The third-order valence-corrected chi connectivity index (χ3v) is 4.29. The summed E-state index contributed by atoms with van der Waals surface area (Å²) in [5.74, 6) is 0.571. The van der Waals surface area contributed by atoms with E-state index in [0.29, 0.717) is 25.0 Å². The molecule has 4 nitrogen and oxygen atoms in total. The van der Waals surface area contributed by atoms with E-state index >= 15 is 0 Å². The highest BCUT2D eigenvalue weighted by Crippen LogP contribution is 2.16. The molecule has 0 aliphatic heterocycles. The van der Waals surface area contributed by atoms with Gasteiger partial charge in [0.15, 0.2) is 0 Å². The lowest BCUT2D eigenvalue weighted by Gasteiger charge is -2.25. The van der Waals surface area contributed by atoms with E-state index in [1.54, 1.807) is 6.07 Å². The molecular weight excluding hydrogens is 302 g/mol. The number of ether oxygens (including phenoxy) is 1. The Labute approximate surface area is 143 Å². The van der Waals surface area contributed by atoms with Gasteiger partial charge in [0.25, 0.3) is 5.91 Å². The zero-order chi connectivity index (χ0) is 17.4. The van der Waals surface area contributed by atoms with Gasteiger partial charge in [0, 0.05) is 17.7 Å². The minimum absolute atomic E-state index is 0.192. The van der Waals surface area contributed by atoms with Crippen molar-refractivity contribution >= 4 is 5.91 Å². The topological polar surface area (TPSA) is 58.6 Å². The fourth-order valence-corrected chi connectivity index (χ4v) is 2.39. The van der Waals surface area contributed by atoms with E-state index in [-0.39, 0.29) is 12.5 Å². The molecule has 128 valence electrons. The van der Waals surface area contributed by atoms with Crippen LogP contribution in [0.25, 0.3) is 0 Å². The minimum atomic E-state index is -0.856. The standard InChI is InChI=1S/C20H25NO3/c1-3-20(23,4-2)15-21-19(22)18-13-9-8-10-16(18)14-24-17-11-6-5-7-12-17/h5-13,23H,3-4,14-15H2,1-2H3,(H,21,22). The molecule has 0 aromatic heterocycles. The van der Waals surface area contributed by atoms with E-state index in [1.807, 2.05) is 62.4 Å². The van der Waals surface area contributed by atoms with Crippen LogP contribution >= 0.6 is 0 Å². The van der Waals surface area contributed by atoms with Gasteiger partial charge < -0.3 is 15.2 Å². The zero-order valence-corrected chi connectivity index (χ0v) is 14.3. The molecule has 0 saturated heterocycles. The summed E-state index contributed by atoms with van der Waals surface area (Å²) in [6, 6.07) is 16.9. The van der Waals surface area contributed by atoms with E-state index < -0.39 is 5.60 Å². The number of para-hydroxylation sites is 1. The molecular formula is C20H25NO3. The number of benzene rings is 2. The minimum Gasteiger partial charge on any atom is -0.489 e. The number of carbonyl (C=O) groups excluding carboxylic acids is 1. The first kappa shape index (κ1) is 18.0. The van der Waals surface area contributed by atoms with Crippen LogP contribution in [-0.4, -0.2) is 23.2 Å². The van der Waals surface area contributed by atoms with Crippen LogP contribution in [-0.2, 0) is 6.61 Å². The molecule has 0 unspecified atom stereocenters. The maximum Gasteiger partial charge on any atom is 0.251 e. The fourth-order valence-electron chi connectivity index (χ4n) is 2.39. The molecule has 2 aromatic carbocycles. The number of rotatable bonds is 8. The molecule has 0 saturated carbocycles. The number of amides is 1. The van der Waals surface area contributed by atoms with Crippen LogP contribution in [0.1, 0.15) is 42.6 Å². The van der Waals surface area contributed by atoms with E-state index in [9.17, 15) is 9.90 Å². The van der Waals surface area contributed by atoms with Gasteiger partial charge in [-0.15, -0.1) is 0 Å². The fraction of sp³-hybridized carbons (Fsp3) is 0.350. The average molecular weight is 327 g/mol. The van der Waals surface area contributed by atoms with Gasteiger partial charge in [0.1, 0.15) is 12.4 Å². The molecule has 24 heavy (non-hydrogen) atoms. The van der Waals surface area contributed by atoms with Crippen LogP contribution in [0.4, 0.5) is 0 Å². The highest BCUT2D eigenvalue weighted by atomic mass is 16.5. The molecule has 0 fully saturated rings. The third-order valence-electron chi connectivity index (χ3n) is 4.29. The Morgan fingerprint density at radius 3 is 2.33 bits per heavy atom. The molecule has 4 heteroatoms. The van der Waals surface area contributed by atoms with Crippen molar-refractivity contribution in [2.75, 3.05) is 6.54 Å². The molecule has 0 bridgehead atoms. The molecule has 2 aromatic rings. The lowest BCUT2D eigenvalue weighted by molar-refractivity contribution is 0.0313. The predicted molar refractivity (Wildman–Crippen MR) is 95.1 cm³/mol. The Balaban J connectivity index is 2.03. The Hall–Kier alpha value is -2.33. The summed E-state index contributed by atoms with van der Waals surface area (Å²) in [4.78, 5) is 12.5. The van der Waals surface area contributed by atoms with E-state index in [0.717, 1.165) is 11.3 Å². The van der Waals surface area contributed by atoms with Crippen LogP contribution in [0.3, 0.4) is 0 Å². The summed E-state index contributed by atoms with van der Waals surface area (Å²) < 4.78 is 5.74. The number of hydrogen-bond acceptors (Lipinski definition) is 3. The summed E-state index contributed by atoms with van der Waals surface area (Å²) in [5, 5.41) is 13.1. The van der Waals surface area contributed by atoms with E-state index in [1.165, 1.54) is 0 Å². The van der Waals surface area contributed by atoms with Crippen molar-refractivity contribution in [2.24, 2.45) is 0 Å². The first-order valence-corrected chi connectivity index (χ1v) is 8.34. The van der Waals surface area contributed by atoms with Gasteiger partial charge in [-0.1, -0.05) is 50.2 Å². The average Bonchev–Trinajstić information content (AvgIpc) is 2.65. The molecule has 0 atom stereocenters. The van der Waals surface area contributed by atoms with Gasteiger partial charge in [0.05, 0.1) is 5.60 Å². The molecule has 0 aliphatic carbocycles. The van der Waals surface area contributed by atoms with Gasteiger partial charge >= 0.3 is 0 Å². The van der Waals surface area contributed by atoms with Gasteiger partial charge in [-0.2, -0.15) is 0 Å². The molecule has 0 radical (unpaired) electrons. The van der Waals surface area contributed by atoms with Gasteiger partial charge in [-0.25, -0.2) is 0 Å². The van der Waals surface area contributed by atoms with Crippen molar-refractivity contribution in [1.29, 1.82) is 0 Å². The summed E-state index contributed by atoms with van der Waals surface area (Å²) in [5.41, 5.74) is 0.531. The van der Waals surface area contributed by atoms with Crippen molar-refractivity contribution in [3.05, 3.63) is 65.7 Å². The van der Waals surface area contributed by atoms with Crippen molar-refractivity contribution in [1.82, 2.24) is 5.32 Å². The van der Waals surface area contributed by atoms with Gasteiger partial charge in [0.2, 0.25) is 0 Å². The second-order valence-corrected chi connectivity index (χ2v) is 5.87. The van der Waals surface area contributed by atoms with Crippen LogP contribution < -0.4 is 10.1 Å². The largest absolute Gasteiger partial charge is 0.489 e. The Bertz CT molecular complexity index is 651. The first-order valence-electron chi connectivity index (χ1n) is 8.34. The highest BCUT2D eigenvalue weighted by Gasteiger charge is 2.23. The molecule has 2 rings (SSSR count). The second kappa shape index (κ2) is 8.50. The summed E-state index contributed by atoms with van der Waals surface area (Å²) in [6.07, 6.45) is 1.20. The molecule has 0 spiro atoms. The van der Waals surface area contributed by atoms with Crippen LogP contribution in [0.15, 0.2) is 54.6 Å². The summed E-state index contributed by atoms with van der Waals surface area (Å²) in [6.45, 7) is 4.39. The van der Waals surface area contributed by atoms with Crippen molar-refractivity contribution in [3.8, 4) is 5.75 Å². The normalized spacial score (nSPS) is 11.1. The number of carbonyl (C=O) groups is 1. The Morgan fingerprint density at radius 2 is 1.67 bits per heavy atom. The highest BCUT2D eigenvalue weighted by molar-refractivity contribution is 5.95. The summed E-state index contributed by atoms with van der Waals surface area (Å²) in [7, 11) is 0. The van der Waals surface area contributed by atoms with E-state index in [2.05, 4.69) is 5.32 Å². The van der Waals surface area contributed by atoms with Crippen molar-refractivity contribution < 1.29 is 14.6 Å². The first-order chi connectivity index (χ1) is 11.6. The smallest absolute Gasteiger partial charge is 0.251 e. The quantitative estimate of drug-likeness (QED) is 0.779. The molecule has 2 N–H and O–H groups in total. The van der Waals surface area contributed by atoms with Crippen LogP contribution in [0.2, 0.25) is 0 Å². The van der Waals surface area contributed by atoms with E-state index in [4.69, 9.17) is 4.74 Å².